The second-order valence-corrected chi connectivity index (χ2v) is 8.42. The number of carbonyl (C=O) groups excluding carboxylic acids is 1. The molecule has 5 nitrogen and oxygen atoms in total. The number of hydrogen-bond donors (Lipinski definition) is 2. The lowest BCUT2D eigenvalue weighted by Crippen LogP contribution is -2.66. The van der Waals surface area contributed by atoms with E-state index in [1.54, 1.807) is 0 Å². The second kappa shape index (κ2) is 9.85. The molecule has 1 heterocycles. The number of likely N-dealkylation sites (tertiary alicyclic amines) is 1. The zero-order chi connectivity index (χ0) is 22.5. The zero-order valence-electron chi connectivity index (χ0n) is 17.8. The Morgan fingerprint density at radius 1 is 1.09 bits per heavy atom. The van der Waals surface area contributed by atoms with E-state index in [1.807, 2.05) is 24.3 Å². The summed E-state index contributed by atoms with van der Waals surface area (Å²) in [7, 11) is 0. The van der Waals surface area contributed by atoms with Crippen molar-refractivity contribution in [2.45, 2.75) is 50.1 Å². The van der Waals surface area contributed by atoms with E-state index in [0.717, 1.165) is 11.1 Å². The monoisotopic (exact) mass is 431 g/mol. The minimum atomic E-state index is -0.702. The minimum absolute atomic E-state index is 0.261. The summed E-state index contributed by atoms with van der Waals surface area (Å²) >= 11 is 0. The fraction of sp³-hybridized carbons (Fsp3) is 0.385. The Labute approximate surface area is 187 Å². The van der Waals surface area contributed by atoms with Crippen LogP contribution >= 0.6 is 0 Å². The van der Waals surface area contributed by atoms with Crippen molar-refractivity contribution < 1.29 is 14.3 Å². The molecule has 6 heteroatoms. The number of carbonyl (C=O) groups is 1. The third-order valence-electron chi connectivity index (χ3n) is 6.38. The van der Waals surface area contributed by atoms with Crippen LogP contribution < -0.4 is 5.32 Å². The average Bonchev–Trinajstić information content (AvgIpc) is 2.80. The molecule has 2 fully saturated rings. The summed E-state index contributed by atoms with van der Waals surface area (Å²) < 4.78 is 13.1. The Bertz CT molecular complexity index is 1040. The van der Waals surface area contributed by atoms with Gasteiger partial charge in [0, 0.05) is 23.1 Å². The van der Waals surface area contributed by atoms with Crippen molar-refractivity contribution in [1.29, 1.82) is 5.26 Å². The van der Waals surface area contributed by atoms with E-state index in [1.165, 1.54) is 61.3 Å². The molecule has 2 aromatic carbocycles. The number of nitrogens with zero attached hydrogens (tertiary/aromatic N) is 2. The molecule has 0 aromatic heterocycles. The third kappa shape index (κ3) is 4.61. The van der Waals surface area contributed by atoms with Crippen molar-refractivity contribution in [3.63, 3.8) is 0 Å². The van der Waals surface area contributed by atoms with Gasteiger partial charge in [-0.2, -0.15) is 5.26 Å². The van der Waals surface area contributed by atoms with Crippen LogP contribution in [0.4, 0.5) is 14.9 Å². The van der Waals surface area contributed by atoms with Crippen LogP contribution in [0.1, 0.15) is 49.1 Å². The third-order valence-corrected chi connectivity index (χ3v) is 6.38. The maximum Gasteiger partial charge on any atom is 0.323 e. The summed E-state index contributed by atoms with van der Waals surface area (Å²) in [6.45, 7) is -0.261. The number of rotatable bonds is 3. The van der Waals surface area contributed by atoms with Crippen LogP contribution in [0.2, 0.25) is 0 Å². The molecule has 1 saturated heterocycles. The van der Waals surface area contributed by atoms with E-state index < -0.39 is 23.9 Å². The number of amides is 2. The molecule has 2 aliphatic rings. The summed E-state index contributed by atoms with van der Waals surface area (Å²) in [5.74, 6) is 6.42. The first-order valence-corrected chi connectivity index (χ1v) is 11.1. The second-order valence-electron chi connectivity index (χ2n) is 8.42. The number of halogens is 1. The fourth-order valence-corrected chi connectivity index (χ4v) is 4.63. The Morgan fingerprint density at radius 3 is 2.41 bits per heavy atom. The first kappa shape index (κ1) is 21.9. The normalized spacial score (nSPS) is 22.8. The van der Waals surface area contributed by atoms with Gasteiger partial charge in [-0.1, -0.05) is 43.2 Å². The number of urea groups is 1. The number of nitriles is 1. The molecule has 1 aliphatic carbocycles. The van der Waals surface area contributed by atoms with Gasteiger partial charge in [-0.3, -0.25) is 0 Å². The molecule has 0 bridgehead atoms. The van der Waals surface area contributed by atoms with Gasteiger partial charge in [-0.05, 0) is 54.8 Å². The molecular weight excluding hydrogens is 405 g/mol. The fourth-order valence-electron chi connectivity index (χ4n) is 4.63. The van der Waals surface area contributed by atoms with Gasteiger partial charge < -0.3 is 15.3 Å². The molecule has 2 amide bonds. The van der Waals surface area contributed by atoms with Crippen LogP contribution in [0.5, 0.6) is 0 Å². The van der Waals surface area contributed by atoms with E-state index in [-0.39, 0.29) is 12.5 Å². The van der Waals surface area contributed by atoms with E-state index in [4.69, 9.17) is 0 Å². The predicted molar refractivity (Wildman–Crippen MR) is 120 cm³/mol. The van der Waals surface area contributed by atoms with Crippen LogP contribution in [0.3, 0.4) is 0 Å². The van der Waals surface area contributed by atoms with Crippen LogP contribution in [-0.4, -0.2) is 34.7 Å². The highest BCUT2D eigenvalue weighted by molar-refractivity contribution is 5.91. The largest absolute Gasteiger partial charge is 0.394 e. The molecule has 1 aliphatic heterocycles. The quantitative estimate of drug-likeness (QED) is 0.695. The standard InChI is InChI=1S/C26H26FN3O2/c27-21-12-14-22(15-13-21)29-26(32)30-23(16-28)25(24(30)17-31)20-10-8-19(9-11-20)7-6-18-4-2-1-3-5-18/h8-15,18,23-25,31H,1-5,17H2,(H,29,32)/t23-,24-,25+/m0/s1. The highest BCUT2D eigenvalue weighted by atomic mass is 19.1. The van der Waals surface area contributed by atoms with Crippen molar-refractivity contribution in [1.82, 2.24) is 4.90 Å². The first-order chi connectivity index (χ1) is 15.6. The van der Waals surface area contributed by atoms with Gasteiger partial charge in [-0.25, -0.2) is 9.18 Å². The highest BCUT2D eigenvalue weighted by Crippen LogP contribution is 2.40. The summed E-state index contributed by atoms with van der Waals surface area (Å²) in [5.41, 5.74) is 2.25. The van der Waals surface area contributed by atoms with Crippen molar-refractivity contribution >= 4 is 11.7 Å². The molecule has 0 radical (unpaired) electrons. The molecular formula is C26H26FN3O2. The Kier molecular flexibility index (Phi) is 6.73. The lowest BCUT2D eigenvalue weighted by Gasteiger charge is -2.51. The van der Waals surface area contributed by atoms with Gasteiger partial charge in [0.05, 0.1) is 18.7 Å². The molecule has 0 spiro atoms. The number of aliphatic hydroxyl groups excluding tert-OH is 1. The topological polar surface area (TPSA) is 76.4 Å². The first-order valence-electron chi connectivity index (χ1n) is 11.1. The zero-order valence-corrected chi connectivity index (χ0v) is 17.8. The molecule has 4 rings (SSSR count). The van der Waals surface area contributed by atoms with Gasteiger partial charge in [-0.15, -0.1) is 0 Å². The predicted octanol–water partition coefficient (Wildman–Crippen LogP) is 4.64. The van der Waals surface area contributed by atoms with Crippen LogP contribution in [0.25, 0.3) is 0 Å². The molecule has 32 heavy (non-hydrogen) atoms. The number of benzene rings is 2. The van der Waals surface area contributed by atoms with Crippen LogP contribution in [0.15, 0.2) is 48.5 Å². The summed E-state index contributed by atoms with van der Waals surface area (Å²) in [5, 5.41) is 22.3. The van der Waals surface area contributed by atoms with Crippen molar-refractivity contribution in [3.8, 4) is 17.9 Å². The summed E-state index contributed by atoms with van der Waals surface area (Å²) in [6, 6.07) is 13.6. The van der Waals surface area contributed by atoms with Crippen molar-refractivity contribution in [2.24, 2.45) is 5.92 Å². The molecule has 2 aromatic rings. The number of aliphatic hydroxyl groups is 1. The molecule has 1 saturated carbocycles. The van der Waals surface area contributed by atoms with E-state index in [9.17, 15) is 19.6 Å². The smallest absolute Gasteiger partial charge is 0.323 e. The van der Waals surface area contributed by atoms with Gasteiger partial charge >= 0.3 is 6.03 Å². The van der Waals surface area contributed by atoms with Gasteiger partial charge in [0.15, 0.2) is 0 Å². The van der Waals surface area contributed by atoms with E-state index in [0.29, 0.717) is 11.6 Å². The van der Waals surface area contributed by atoms with Gasteiger partial charge in [0.2, 0.25) is 0 Å². The van der Waals surface area contributed by atoms with E-state index in [2.05, 4.69) is 23.2 Å². The average molecular weight is 432 g/mol. The summed E-state index contributed by atoms with van der Waals surface area (Å²) in [6.07, 6.45) is 6.15. The van der Waals surface area contributed by atoms with Crippen LogP contribution in [0, 0.1) is 34.9 Å². The maximum absolute atomic E-state index is 13.1. The minimum Gasteiger partial charge on any atom is -0.394 e. The van der Waals surface area contributed by atoms with Crippen molar-refractivity contribution in [2.75, 3.05) is 11.9 Å². The number of anilines is 1. The Hall–Kier alpha value is -3.35. The highest BCUT2D eigenvalue weighted by Gasteiger charge is 2.51. The van der Waals surface area contributed by atoms with Gasteiger partial charge in [0.1, 0.15) is 11.9 Å². The molecule has 3 atom stereocenters. The Morgan fingerprint density at radius 2 is 1.78 bits per heavy atom. The van der Waals surface area contributed by atoms with Gasteiger partial charge in [0.25, 0.3) is 0 Å². The molecule has 2 N–H and O–H groups in total. The van der Waals surface area contributed by atoms with Crippen molar-refractivity contribution in [3.05, 3.63) is 65.5 Å². The SMILES string of the molecule is N#C[C@H]1[C@@H](c2ccc(C#CC3CCCCC3)cc2)[C@H](CO)N1C(=O)Nc1ccc(F)cc1. The molecule has 164 valence electrons. The lowest BCUT2D eigenvalue weighted by molar-refractivity contribution is 0.0224. The Balaban J connectivity index is 1.45. The van der Waals surface area contributed by atoms with E-state index >= 15 is 0 Å². The maximum atomic E-state index is 13.1. The number of hydrogen-bond acceptors (Lipinski definition) is 3. The molecule has 0 unspecified atom stereocenters. The van der Waals surface area contributed by atoms with Crippen LogP contribution in [-0.2, 0) is 0 Å². The summed E-state index contributed by atoms with van der Waals surface area (Å²) in [4.78, 5) is 14.1. The number of nitrogens with one attached hydrogen (secondary N) is 1. The lowest BCUT2D eigenvalue weighted by atomic mass is 9.76.